The molecule has 1 amide bonds. The van der Waals surface area contributed by atoms with Crippen LogP contribution in [0.25, 0.3) is 0 Å². The number of rotatable bonds is 7. The van der Waals surface area contributed by atoms with E-state index in [1.165, 1.54) is 16.8 Å². The average molecular weight is 351 g/mol. The zero-order valence-electron chi connectivity index (χ0n) is 13.9. The van der Waals surface area contributed by atoms with Gasteiger partial charge in [0.05, 0.1) is 0 Å². The number of nitrogens with one attached hydrogen (secondary N) is 1. The molecule has 0 aliphatic carbocycles. The van der Waals surface area contributed by atoms with Crippen LogP contribution < -0.4 is 15.2 Å². The summed E-state index contributed by atoms with van der Waals surface area (Å²) in [6, 6.07) is 7.05. The second-order valence-electron chi connectivity index (χ2n) is 5.61. The van der Waals surface area contributed by atoms with Crippen LogP contribution in [0.2, 0.25) is 0 Å². The number of primary amides is 1. The summed E-state index contributed by atoms with van der Waals surface area (Å²) in [5.41, 5.74) is 7.47. The highest BCUT2D eigenvalue weighted by Crippen LogP contribution is 2.16. The maximum absolute atomic E-state index is 12.2. The number of nitrogens with two attached hydrogens (primary N) is 1. The van der Waals surface area contributed by atoms with Crippen molar-refractivity contribution in [2.24, 2.45) is 12.8 Å². The van der Waals surface area contributed by atoms with E-state index in [4.69, 9.17) is 10.5 Å². The lowest BCUT2D eigenvalue weighted by atomic mass is 10.1. The Kier molecular flexibility index (Phi) is 5.30. The van der Waals surface area contributed by atoms with Gasteiger partial charge >= 0.3 is 0 Å². The molecular formula is C16H21N3O4S. The van der Waals surface area contributed by atoms with Gasteiger partial charge in [-0.3, -0.25) is 4.79 Å². The maximum atomic E-state index is 12.2. The average Bonchev–Trinajstić information content (AvgIpc) is 2.86. The number of hydrogen-bond donors (Lipinski definition) is 2. The number of carbonyl (C=O) groups is 1. The summed E-state index contributed by atoms with van der Waals surface area (Å²) in [5, 5.41) is 0. The number of ether oxygens (including phenoxy) is 1. The van der Waals surface area contributed by atoms with Gasteiger partial charge < -0.3 is 15.0 Å². The monoisotopic (exact) mass is 351 g/mol. The predicted octanol–water partition coefficient (Wildman–Crippen LogP) is 1.10. The topological polar surface area (TPSA) is 103 Å². The highest BCUT2D eigenvalue weighted by atomic mass is 32.2. The normalized spacial score (nSPS) is 11.5. The van der Waals surface area contributed by atoms with Gasteiger partial charge in [0.1, 0.15) is 22.9 Å². The molecular weight excluding hydrogens is 330 g/mol. The smallest absolute Gasteiger partial charge is 0.265 e. The number of benzene rings is 1. The molecule has 24 heavy (non-hydrogen) atoms. The van der Waals surface area contributed by atoms with E-state index < -0.39 is 15.9 Å². The van der Waals surface area contributed by atoms with Gasteiger partial charge in [0.25, 0.3) is 5.91 Å². The fraction of sp³-hybridized carbons (Fsp3) is 0.312. The molecule has 2 rings (SSSR count). The highest BCUT2D eigenvalue weighted by Gasteiger charge is 2.19. The van der Waals surface area contributed by atoms with Crippen LogP contribution in [0.1, 0.15) is 21.6 Å². The Morgan fingerprint density at radius 1 is 1.21 bits per heavy atom. The Morgan fingerprint density at radius 3 is 2.38 bits per heavy atom. The van der Waals surface area contributed by atoms with E-state index in [1.54, 1.807) is 7.05 Å². The van der Waals surface area contributed by atoms with Crippen LogP contribution in [0.15, 0.2) is 35.4 Å². The molecule has 0 atom stereocenters. The highest BCUT2D eigenvalue weighted by molar-refractivity contribution is 7.89. The fourth-order valence-electron chi connectivity index (χ4n) is 2.37. The molecule has 0 aliphatic heterocycles. The third kappa shape index (κ3) is 4.36. The minimum atomic E-state index is -3.72. The molecule has 3 N–H and O–H groups in total. The van der Waals surface area contributed by atoms with E-state index in [1.807, 2.05) is 32.0 Å². The summed E-state index contributed by atoms with van der Waals surface area (Å²) in [6.45, 7) is 4.23. The van der Waals surface area contributed by atoms with Crippen LogP contribution in [-0.4, -0.2) is 32.0 Å². The van der Waals surface area contributed by atoms with E-state index in [0.717, 1.165) is 11.1 Å². The van der Waals surface area contributed by atoms with Crippen molar-refractivity contribution in [1.29, 1.82) is 0 Å². The second-order valence-corrected chi connectivity index (χ2v) is 7.37. The Bertz CT molecular complexity index is 836. The van der Waals surface area contributed by atoms with Crippen LogP contribution in [0.5, 0.6) is 5.75 Å². The first-order valence-electron chi connectivity index (χ1n) is 7.36. The van der Waals surface area contributed by atoms with E-state index in [0.29, 0.717) is 5.75 Å². The summed E-state index contributed by atoms with van der Waals surface area (Å²) in [4.78, 5) is 11.2. The second kappa shape index (κ2) is 7.06. The standard InChI is InChI=1S/C16H21N3O4S/c1-11-6-12(2)8-13(7-11)23-5-4-18-24(21,22)14-9-15(16(17)20)19(3)10-14/h6-10,18H,4-5H2,1-3H3,(H2,17,20). The van der Waals surface area contributed by atoms with Crippen molar-refractivity contribution < 1.29 is 17.9 Å². The lowest BCUT2D eigenvalue weighted by molar-refractivity contribution is 0.0992. The van der Waals surface area contributed by atoms with Gasteiger partial charge in [-0.25, -0.2) is 13.1 Å². The van der Waals surface area contributed by atoms with Crippen molar-refractivity contribution in [3.8, 4) is 5.75 Å². The first-order valence-corrected chi connectivity index (χ1v) is 8.84. The van der Waals surface area contributed by atoms with Crippen molar-refractivity contribution in [3.63, 3.8) is 0 Å². The number of hydrogen-bond acceptors (Lipinski definition) is 4. The summed E-state index contributed by atoms with van der Waals surface area (Å²) in [7, 11) is -2.17. The number of sulfonamides is 1. The lowest BCUT2D eigenvalue weighted by Gasteiger charge is -2.09. The van der Waals surface area contributed by atoms with Gasteiger partial charge in [-0.2, -0.15) is 0 Å². The summed E-state index contributed by atoms with van der Waals surface area (Å²) in [5.74, 6) is 0.0134. The predicted molar refractivity (Wildman–Crippen MR) is 90.5 cm³/mol. The van der Waals surface area contributed by atoms with Crippen molar-refractivity contribution in [3.05, 3.63) is 47.3 Å². The summed E-state index contributed by atoms with van der Waals surface area (Å²) < 4.78 is 33.8. The molecule has 8 heteroatoms. The first-order chi connectivity index (χ1) is 11.2. The first kappa shape index (κ1) is 18.0. The van der Waals surface area contributed by atoms with Crippen LogP contribution in [-0.2, 0) is 17.1 Å². The van der Waals surface area contributed by atoms with Crippen molar-refractivity contribution >= 4 is 15.9 Å². The molecule has 1 aromatic carbocycles. The molecule has 0 radical (unpaired) electrons. The van der Waals surface area contributed by atoms with Crippen molar-refractivity contribution in [1.82, 2.24) is 9.29 Å². The third-order valence-corrected chi connectivity index (χ3v) is 4.83. The molecule has 1 heterocycles. The molecule has 0 saturated heterocycles. The minimum Gasteiger partial charge on any atom is -0.492 e. The molecule has 0 aliphatic rings. The number of amides is 1. The molecule has 130 valence electrons. The quantitative estimate of drug-likeness (QED) is 0.729. The number of carbonyl (C=O) groups excluding carboxylic acids is 1. The molecule has 0 spiro atoms. The van der Waals surface area contributed by atoms with E-state index in [-0.39, 0.29) is 23.7 Å². The van der Waals surface area contributed by atoms with E-state index >= 15 is 0 Å². The van der Waals surface area contributed by atoms with Gasteiger partial charge in [0, 0.05) is 19.8 Å². The summed E-state index contributed by atoms with van der Waals surface area (Å²) >= 11 is 0. The largest absolute Gasteiger partial charge is 0.492 e. The van der Waals surface area contributed by atoms with Gasteiger partial charge in [-0.05, 0) is 43.2 Å². The molecule has 7 nitrogen and oxygen atoms in total. The van der Waals surface area contributed by atoms with Crippen molar-refractivity contribution in [2.45, 2.75) is 18.7 Å². The number of nitrogens with zero attached hydrogens (tertiary/aromatic N) is 1. The summed E-state index contributed by atoms with van der Waals surface area (Å²) in [6.07, 6.45) is 1.34. The van der Waals surface area contributed by atoms with Crippen LogP contribution in [0.3, 0.4) is 0 Å². The Labute approximate surface area is 141 Å². The lowest BCUT2D eigenvalue weighted by Crippen LogP contribution is -2.28. The molecule has 0 bridgehead atoms. The third-order valence-electron chi connectivity index (χ3n) is 3.40. The Balaban J connectivity index is 1.95. The maximum Gasteiger partial charge on any atom is 0.265 e. The Morgan fingerprint density at radius 2 is 1.83 bits per heavy atom. The SMILES string of the molecule is Cc1cc(C)cc(OCCNS(=O)(=O)c2cc(C(N)=O)n(C)c2)c1. The Hall–Kier alpha value is -2.32. The zero-order chi connectivity index (χ0) is 17.9. The van der Waals surface area contributed by atoms with Crippen LogP contribution in [0, 0.1) is 13.8 Å². The van der Waals surface area contributed by atoms with Gasteiger partial charge in [-0.1, -0.05) is 6.07 Å². The molecule has 1 aromatic heterocycles. The fourth-order valence-corrected chi connectivity index (χ4v) is 3.45. The minimum absolute atomic E-state index is 0.00907. The van der Waals surface area contributed by atoms with Crippen molar-refractivity contribution in [2.75, 3.05) is 13.2 Å². The molecule has 0 saturated carbocycles. The van der Waals surface area contributed by atoms with Gasteiger partial charge in [0.15, 0.2) is 0 Å². The number of aryl methyl sites for hydroxylation is 3. The van der Waals surface area contributed by atoms with E-state index in [2.05, 4.69) is 4.72 Å². The van der Waals surface area contributed by atoms with Crippen LogP contribution in [0.4, 0.5) is 0 Å². The van der Waals surface area contributed by atoms with Gasteiger partial charge in [-0.15, -0.1) is 0 Å². The number of aromatic nitrogens is 1. The molecule has 0 unspecified atom stereocenters. The van der Waals surface area contributed by atoms with Crippen LogP contribution >= 0.6 is 0 Å². The van der Waals surface area contributed by atoms with E-state index in [9.17, 15) is 13.2 Å². The molecule has 0 fully saturated rings. The van der Waals surface area contributed by atoms with Gasteiger partial charge in [0.2, 0.25) is 10.0 Å². The zero-order valence-corrected chi connectivity index (χ0v) is 14.7. The molecule has 2 aromatic rings.